The van der Waals surface area contributed by atoms with Crippen LogP contribution in [-0.4, -0.2) is 65.4 Å². The Bertz CT molecular complexity index is 661. The van der Waals surface area contributed by atoms with Crippen molar-refractivity contribution in [2.45, 2.75) is 12.5 Å². The molecule has 1 aliphatic heterocycles. The van der Waals surface area contributed by atoms with Crippen LogP contribution in [0.3, 0.4) is 0 Å². The van der Waals surface area contributed by atoms with Gasteiger partial charge in [-0.05, 0) is 18.6 Å². The molecule has 3 rings (SSSR count). The molecule has 0 spiro atoms. The van der Waals surface area contributed by atoms with E-state index in [1.54, 1.807) is 16.7 Å². The Hall–Kier alpha value is -2.45. The average molecular weight is 331 g/mol. The molecule has 128 valence electrons. The van der Waals surface area contributed by atoms with E-state index in [4.69, 9.17) is 9.47 Å². The number of amides is 2. The fraction of sp³-hybridized carbons (Fsp3) is 0.438. The molecular weight excluding hydrogens is 310 g/mol. The van der Waals surface area contributed by atoms with E-state index in [1.807, 2.05) is 30.3 Å². The number of anilines is 1. The fourth-order valence-corrected chi connectivity index (χ4v) is 2.68. The zero-order valence-corrected chi connectivity index (χ0v) is 13.6. The molecule has 0 bridgehead atoms. The standard InChI is InChI=1S/C16H21N5O3/c1-23-9-7-14-12-24-10-8-20(14)16(22)18-15-11-17-19-21(15)13-5-3-2-4-6-13/h2-6,11,14H,7-10,12H2,1H3,(H,18,22). The number of nitrogens with one attached hydrogen (secondary N) is 1. The van der Waals surface area contributed by atoms with Gasteiger partial charge >= 0.3 is 6.03 Å². The number of benzene rings is 1. The predicted molar refractivity (Wildman–Crippen MR) is 88.2 cm³/mol. The molecule has 0 aliphatic carbocycles. The van der Waals surface area contributed by atoms with Crippen LogP contribution in [0.15, 0.2) is 36.5 Å². The second kappa shape index (κ2) is 7.89. The minimum atomic E-state index is -0.182. The number of ether oxygens (including phenoxy) is 2. The van der Waals surface area contributed by atoms with Crippen molar-refractivity contribution in [2.75, 3.05) is 38.8 Å². The number of hydrogen-bond donors (Lipinski definition) is 1. The average Bonchev–Trinajstić information content (AvgIpc) is 3.09. The zero-order valence-electron chi connectivity index (χ0n) is 13.6. The zero-order chi connectivity index (χ0) is 16.8. The number of urea groups is 1. The van der Waals surface area contributed by atoms with E-state index in [9.17, 15) is 4.79 Å². The molecule has 1 saturated heterocycles. The molecule has 1 N–H and O–H groups in total. The van der Waals surface area contributed by atoms with Gasteiger partial charge in [0.05, 0.1) is 31.1 Å². The van der Waals surface area contributed by atoms with Crippen LogP contribution >= 0.6 is 0 Å². The Morgan fingerprint density at radius 1 is 1.42 bits per heavy atom. The summed E-state index contributed by atoms with van der Waals surface area (Å²) in [6.07, 6.45) is 2.27. The lowest BCUT2D eigenvalue weighted by Gasteiger charge is -2.35. The second-order valence-corrected chi connectivity index (χ2v) is 5.50. The first-order valence-corrected chi connectivity index (χ1v) is 7.90. The number of hydrogen-bond acceptors (Lipinski definition) is 5. The maximum Gasteiger partial charge on any atom is 0.323 e. The molecule has 1 aliphatic rings. The minimum Gasteiger partial charge on any atom is -0.385 e. The molecule has 2 heterocycles. The largest absolute Gasteiger partial charge is 0.385 e. The second-order valence-electron chi connectivity index (χ2n) is 5.50. The summed E-state index contributed by atoms with van der Waals surface area (Å²) in [5, 5.41) is 10.8. The highest BCUT2D eigenvalue weighted by Gasteiger charge is 2.27. The van der Waals surface area contributed by atoms with Gasteiger partial charge in [0.25, 0.3) is 0 Å². The van der Waals surface area contributed by atoms with E-state index in [1.165, 1.54) is 6.20 Å². The van der Waals surface area contributed by atoms with Gasteiger partial charge in [-0.15, -0.1) is 5.10 Å². The number of methoxy groups -OCH3 is 1. The van der Waals surface area contributed by atoms with Gasteiger partial charge in [0.1, 0.15) is 0 Å². The summed E-state index contributed by atoms with van der Waals surface area (Å²) in [6, 6.07) is 9.36. The molecule has 2 amide bonds. The highest BCUT2D eigenvalue weighted by molar-refractivity contribution is 5.88. The molecule has 24 heavy (non-hydrogen) atoms. The summed E-state index contributed by atoms with van der Waals surface area (Å²) in [4.78, 5) is 14.5. The smallest absolute Gasteiger partial charge is 0.323 e. The number of aromatic nitrogens is 3. The molecule has 8 nitrogen and oxygen atoms in total. The Morgan fingerprint density at radius 3 is 3.04 bits per heavy atom. The van der Waals surface area contributed by atoms with Crippen molar-refractivity contribution in [3.05, 3.63) is 36.5 Å². The molecule has 1 unspecified atom stereocenters. The van der Waals surface area contributed by atoms with Gasteiger partial charge < -0.3 is 14.4 Å². The van der Waals surface area contributed by atoms with Crippen LogP contribution in [0, 0.1) is 0 Å². The third-order valence-corrected chi connectivity index (χ3v) is 3.93. The quantitative estimate of drug-likeness (QED) is 0.899. The first kappa shape index (κ1) is 16.4. The first-order valence-electron chi connectivity index (χ1n) is 7.90. The van der Waals surface area contributed by atoms with Gasteiger partial charge in [-0.2, -0.15) is 4.68 Å². The Labute approximate surface area is 140 Å². The summed E-state index contributed by atoms with van der Waals surface area (Å²) >= 11 is 0. The van der Waals surface area contributed by atoms with Gasteiger partial charge in [-0.25, -0.2) is 4.79 Å². The Morgan fingerprint density at radius 2 is 2.25 bits per heavy atom. The lowest BCUT2D eigenvalue weighted by atomic mass is 10.2. The molecule has 2 aromatic rings. The van der Waals surface area contributed by atoms with Crippen LogP contribution in [0.5, 0.6) is 0 Å². The predicted octanol–water partition coefficient (Wildman–Crippen LogP) is 1.54. The maximum atomic E-state index is 12.7. The van der Waals surface area contributed by atoms with Gasteiger partial charge in [0, 0.05) is 20.3 Å². The normalized spacial score (nSPS) is 17.7. The Kier molecular flexibility index (Phi) is 5.39. The summed E-state index contributed by atoms with van der Waals surface area (Å²) in [6.45, 7) is 2.19. The van der Waals surface area contributed by atoms with Crippen molar-refractivity contribution in [3.8, 4) is 5.69 Å². The van der Waals surface area contributed by atoms with Crippen molar-refractivity contribution in [1.82, 2.24) is 19.9 Å². The molecular formula is C16H21N5O3. The van der Waals surface area contributed by atoms with Gasteiger partial charge in [-0.1, -0.05) is 23.4 Å². The highest BCUT2D eigenvalue weighted by atomic mass is 16.5. The van der Waals surface area contributed by atoms with Crippen LogP contribution in [0.2, 0.25) is 0 Å². The van der Waals surface area contributed by atoms with Crippen LogP contribution in [0.1, 0.15) is 6.42 Å². The van der Waals surface area contributed by atoms with Crippen LogP contribution in [0.25, 0.3) is 5.69 Å². The molecule has 0 radical (unpaired) electrons. The monoisotopic (exact) mass is 331 g/mol. The van der Waals surface area contributed by atoms with Crippen molar-refractivity contribution < 1.29 is 14.3 Å². The third-order valence-electron chi connectivity index (χ3n) is 3.93. The molecule has 1 aromatic heterocycles. The van der Waals surface area contributed by atoms with E-state index < -0.39 is 0 Å². The van der Waals surface area contributed by atoms with Crippen molar-refractivity contribution in [2.24, 2.45) is 0 Å². The number of morpholine rings is 1. The molecule has 0 saturated carbocycles. The van der Waals surface area contributed by atoms with E-state index >= 15 is 0 Å². The fourth-order valence-electron chi connectivity index (χ4n) is 2.68. The van der Waals surface area contributed by atoms with Gasteiger partial charge in [0.2, 0.25) is 0 Å². The number of rotatable bonds is 5. The van der Waals surface area contributed by atoms with E-state index in [0.29, 0.717) is 32.2 Å². The third kappa shape index (κ3) is 3.72. The molecule has 1 aromatic carbocycles. The Balaban J connectivity index is 1.71. The highest BCUT2D eigenvalue weighted by Crippen LogP contribution is 2.16. The number of nitrogens with zero attached hydrogens (tertiary/aromatic N) is 4. The van der Waals surface area contributed by atoms with E-state index in [2.05, 4.69) is 15.6 Å². The van der Waals surface area contributed by atoms with E-state index in [0.717, 1.165) is 12.1 Å². The lowest BCUT2D eigenvalue weighted by Crippen LogP contribution is -2.50. The van der Waals surface area contributed by atoms with Crippen LogP contribution in [0.4, 0.5) is 10.6 Å². The van der Waals surface area contributed by atoms with E-state index in [-0.39, 0.29) is 12.1 Å². The number of carbonyl (C=O) groups is 1. The molecule has 1 atom stereocenters. The summed E-state index contributed by atoms with van der Waals surface area (Å²) in [5.41, 5.74) is 0.836. The number of para-hydroxylation sites is 1. The van der Waals surface area contributed by atoms with Crippen LogP contribution in [-0.2, 0) is 9.47 Å². The summed E-state index contributed by atoms with van der Waals surface area (Å²) < 4.78 is 12.2. The molecule has 1 fully saturated rings. The minimum absolute atomic E-state index is 0.000226. The van der Waals surface area contributed by atoms with Crippen molar-refractivity contribution in [1.29, 1.82) is 0 Å². The SMILES string of the molecule is COCCC1COCCN1C(=O)Nc1cnnn1-c1ccccc1. The van der Waals surface area contributed by atoms with Gasteiger partial charge in [-0.3, -0.25) is 5.32 Å². The lowest BCUT2D eigenvalue weighted by molar-refractivity contribution is 0.00447. The maximum absolute atomic E-state index is 12.7. The number of carbonyl (C=O) groups excluding carboxylic acids is 1. The van der Waals surface area contributed by atoms with Crippen LogP contribution < -0.4 is 5.32 Å². The summed E-state index contributed by atoms with van der Waals surface area (Å²) in [7, 11) is 1.65. The van der Waals surface area contributed by atoms with Crippen molar-refractivity contribution >= 4 is 11.8 Å². The topological polar surface area (TPSA) is 81.5 Å². The molecule has 8 heteroatoms. The van der Waals surface area contributed by atoms with Gasteiger partial charge in [0.15, 0.2) is 5.82 Å². The van der Waals surface area contributed by atoms with Crippen molar-refractivity contribution in [3.63, 3.8) is 0 Å². The summed E-state index contributed by atoms with van der Waals surface area (Å²) in [5.74, 6) is 0.531. The first-order chi connectivity index (χ1) is 11.8.